The average molecular weight is 468 g/mol. The lowest BCUT2D eigenvalue weighted by atomic mass is 9.53. The van der Waals surface area contributed by atoms with E-state index in [1.54, 1.807) is 5.57 Å². The molecule has 0 bridgehead atoms. The Kier molecular flexibility index (Phi) is 10.2. The van der Waals surface area contributed by atoms with Gasteiger partial charge in [-0.15, -0.1) is 8.58 Å². The van der Waals surface area contributed by atoms with Crippen LogP contribution in [0.25, 0.3) is 0 Å². The van der Waals surface area contributed by atoms with Crippen LogP contribution < -0.4 is 5.32 Å². The number of unbranched alkanes of at least 4 members (excludes halogenated alkanes) is 1. The van der Waals surface area contributed by atoms with Gasteiger partial charge in [0.05, 0.1) is 6.10 Å². The lowest BCUT2D eigenvalue weighted by molar-refractivity contribution is -0.121. The fourth-order valence-corrected chi connectivity index (χ4v) is 8.78. The van der Waals surface area contributed by atoms with Gasteiger partial charge in [0.15, 0.2) is 0 Å². The molecule has 1 saturated heterocycles. The van der Waals surface area contributed by atoms with E-state index in [2.05, 4.69) is 37.9 Å². The molecule has 3 rings (SSSR count). The molecule has 0 radical (unpaired) electrons. The molecule has 2 N–H and O–H groups in total. The molecule has 2 fully saturated rings. The van der Waals surface area contributed by atoms with Gasteiger partial charge < -0.3 is 10.4 Å². The zero-order valence-electron chi connectivity index (χ0n) is 19.9. The van der Waals surface area contributed by atoms with E-state index in [0.717, 1.165) is 20.7 Å². The molecular formula is C26H46NO2PS. The number of fused-ring (bicyclic) bond motifs is 1. The summed E-state index contributed by atoms with van der Waals surface area (Å²) in [6, 6.07) is 0. The van der Waals surface area contributed by atoms with Crippen LogP contribution in [0.2, 0.25) is 0 Å². The van der Waals surface area contributed by atoms with Gasteiger partial charge in [-0.2, -0.15) is 12.6 Å². The van der Waals surface area contributed by atoms with E-state index in [1.807, 2.05) is 0 Å². The standard InChI is InChI=1S/C26H46NO2PS/c1-3-4-10-22-25(23(28)17-20-8-5-6-14-26(20,22)2)19-12-13-21(30-18-19)9-7-11-24(29)27-15-16-31/h17,19,21-23,25,28,30-31H,3-16,18H2,1-2H3,(H,27,29)/t19?,21?,22?,23-,25-,26-/m0/s1. The Morgan fingerprint density at radius 1 is 1.29 bits per heavy atom. The normalized spacial score (nSPS) is 36.6. The van der Waals surface area contributed by atoms with Gasteiger partial charge in [0.2, 0.25) is 5.91 Å². The van der Waals surface area contributed by atoms with Crippen molar-refractivity contribution >= 4 is 27.1 Å². The summed E-state index contributed by atoms with van der Waals surface area (Å²) >= 11 is 4.15. The SMILES string of the molecule is CCCCC1[C@H](C2CCC(CCCC(=O)NCCS)PC2)[C@@H](O)C=C2CCCC[C@@]21C. The molecular weight excluding hydrogens is 421 g/mol. The Morgan fingerprint density at radius 3 is 2.84 bits per heavy atom. The van der Waals surface area contributed by atoms with Crippen LogP contribution in [0.15, 0.2) is 11.6 Å². The van der Waals surface area contributed by atoms with Crippen LogP contribution in [0.3, 0.4) is 0 Å². The van der Waals surface area contributed by atoms with Crippen LogP contribution in [0.4, 0.5) is 0 Å². The second-order valence-corrected chi connectivity index (χ2v) is 12.6. The summed E-state index contributed by atoms with van der Waals surface area (Å²) in [7, 11) is 0.999. The van der Waals surface area contributed by atoms with Gasteiger partial charge in [0.25, 0.3) is 0 Å². The Labute approximate surface area is 198 Å². The first kappa shape index (κ1) is 25.6. The minimum atomic E-state index is -0.232. The Hall–Kier alpha value is -0.0500. The highest BCUT2D eigenvalue weighted by molar-refractivity contribution is 7.80. The highest BCUT2D eigenvalue weighted by Crippen LogP contribution is 2.57. The smallest absolute Gasteiger partial charge is 0.220 e. The lowest BCUT2D eigenvalue weighted by Gasteiger charge is -2.54. The highest BCUT2D eigenvalue weighted by atomic mass is 32.1. The zero-order valence-corrected chi connectivity index (χ0v) is 21.8. The molecule has 0 aromatic heterocycles. The number of aliphatic hydroxyl groups excluding tert-OH is 1. The van der Waals surface area contributed by atoms with Gasteiger partial charge in [-0.25, -0.2) is 0 Å². The van der Waals surface area contributed by atoms with E-state index in [1.165, 1.54) is 70.4 Å². The van der Waals surface area contributed by atoms with Gasteiger partial charge in [0.1, 0.15) is 0 Å². The number of amides is 1. The van der Waals surface area contributed by atoms with Crippen LogP contribution >= 0.6 is 21.2 Å². The maximum Gasteiger partial charge on any atom is 0.220 e. The topological polar surface area (TPSA) is 49.3 Å². The first-order valence-electron chi connectivity index (χ1n) is 13.0. The van der Waals surface area contributed by atoms with Gasteiger partial charge >= 0.3 is 0 Å². The fraction of sp³-hybridized carbons (Fsp3) is 0.885. The number of thiol groups is 1. The molecule has 7 atom stereocenters. The van der Waals surface area contributed by atoms with Gasteiger partial charge in [0, 0.05) is 18.7 Å². The lowest BCUT2D eigenvalue weighted by Crippen LogP contribution is -2.48. The summed E-state index contributed by atoms with van der Waals surface area (Å²) in [6.45, 7) is 5.51. The van der Waals surface area contributed by atoms with Crippen LogP contribution in [0.1, 0.15) is 90.9 Å². The maximum absolute atomic E-state index is 11.8. The van der Waals surface area contributed by atoms with E-state index in [9.17, 15) is 9.90 Å². The predicted molar refractivity (Wildman–Crippen MR) is 138 cm³/mol. The van der Waals surface area contributed by atoms with Crippen LogP contribution in [0.5, 0.6) is 0 Å². The van der Waals surface area contributed by atoms with Crippen LogP contribution in [-0.4, -0.2) is 41.2 Å². The summed E-state index contributed by atoms with van der Waals surface area (Å²) < 4.78 is 0. The van der Waals surface area contributed by atoms with Crippen molar-refractivity contribution in [3.05, 3.63) is 11.6 Å². The fourth-order valence-electron chi connectivity index (χ4n) is 6.78. The quantitative estimate of drug-likeness (QED) is 0.211. The summed E-state index contributed by atoms with van der Waals surface area (Å²) in [5.41, 5.74) is 2.70. The molecule has 1 amide bonds. The molecule has 4 unspecified atom stereocenters. The third-order valence-corrected chi connectivity index (χ3v) is 10.7. The van der Waals surface area contributed by atoms with Gasteiger partial charge in [-0.3, -0.25) is 4.79 Å². The third-order valence-electron chi connectivity index (χ3n) is 8.53. The third kappa shape index (κ3) is 6.51. The number of hydrogen-bond donors (Lipinski definition) is 3. The molecule has 3 nitrogen and oxygen atoms in total. The molecule has 178 valence electrons. The Morgan fingerprint density at radius 2 is 2.13 bits per heavy atom. The zero-order chi connectivity index (χ0) is 22.3. The van der Waals surface area contributed by atoms with Crippen molar-refractivity contribution in [2.45, 2.75) is 103 Å². The molecule has 3 aliphatic rings. The van der Waals surface area contributed by atoms with Crippen LogP contribution in [-0.2, 0) is 4.79 Å². The van der Waals surface area contributed by atoms with Gasteiger partial charge in [-0.1, -0.05) is 44.8 Å². The maximum atomic E-state index is 11.8. The largest absolute Gasteiger partial charge is 0.389 e. The summed E-state index contributed by atoms with van der Waals surface area (Å²) in [5.74, 6) is 2.68. The molecule has 1 saturated carbocycles. The predicted octanol–water partition coefficient (Wildman–Crippen LogP) is 5.96. The average Bonchev–Trinajstić information content (AvgIpc) is 2.77. The number of hydrogen-bond acceptors (Lipinski definition) is 3. The van der Waals surface area contributed by atoms with Gasteiger partial charge in [-0.05, 0) is 86.4 Å². The Balaban J connectivity index is 1.56. The van der Waals surface area contributed by atoms with Crippen molar-refractivity contribution in [1.29, 1.82) is 0 Å². The molecule has 0 aromatic rings. The van der Waals surface area contributed by atoms with Crippen molar-refractivity contribution in [2.24, 2.45) is 23.2 Å². The van der Waals surface area contributed by atoms with Crippen LogP contribution in [0, 0.1) is 23.2 Å². The molecule has 5 heteroatoms. The summed E-state index contributed by atoms with van der Waals surface area (Å²) in [4.78, 5) is 11.8. The number of aliphatic hydroxyl groups is 1. The minimum Gasteiger partial charge on any atom is -0.389 e. The number of carbonyl (C=O) groups is 1. The monoisotopic (exact) mass is 467 g/mol. The second kappa shape index (κ2) is 12.4. The van der Waals surface area contributed by atoms with E-state index in [-0.39, 0.29) is 12.0 Å². The Bertz CT molecular complexity index is 604. The van der Waals surface area contributed by atoms with Crippen molar-refractivity contribution in [2.75, 3.05) is 18.5 Å². The van der Waals surface area contributed by atoms with Crippen molar-refractivity contribution in [1.82, 2.24) is 5.32 Å². The summed E-state index contributed by atoms with van der Waals surface area (Å²) in [5, 5.41) is 14.2. The van der Waals surface area contributed by atoms with E-state index >= 15 is 0 Å². The number of allylic oxidation sites excluding steroid dienone is 1. The van der Waals surface area contributed by atoms with E-state index < -0.39 is 0 Å². The first-order chi connectivity index (χ1) is 15.0. The van der Waals surface area contributed by atoms with E-state index in [0.29, 0.717) is 41.9 Å². The molecule has 31 heavy (non-hydrogen) atoms. The molecule has 1 aliphatic heterocycles. The second-order valence-electron chi connectivity index (χ2n) is 10.5. The van der Waals surface area contributed by atoms with E-state index in [4.69, 9.17) is 0 Å². The van der Waals surface area contributed by atoms with Crippen molar-refractivity contribution in [3.63, 3.8) is 0 Å². The number of nitrogens with one attached hydrogen (secondary N) is 1. The molecule has 0 spiro atoms. The first-order valence-corrected chi connectivity index (χ1v) is 14.9. The van der Waals surface area contributed by atoms with Crippen molar-refractivity contribution < 1.29 is 9.90 Å². The van der Waals surface area contributed by atoms with Crippen molar-refractivity contribution in [3.8, 4) is 0 Å². The minimum absolute atomic E-state index is 0.179. The number of carbonyl (C=O) groups excluding carboxylic acids is 1. The highest BCUT2D eigenvalue weighted by Gasteiger charge is 2.50. The number of rotatable bonds is 10. The summed E-state index contributed by atoms with van der Waals surface area (Å²) in [6.07, 6.45) is 17.8. The molecule has 1 heterocycles. The molecule has 2 aliphatic carbocycles. The molecule has 0 aromatic carbocycles.